The Hall–Kier alpha value is -0.900. The van der Waals surface area contributed by atoms with E-state index in [1.165, 1.54) is 0 Å². The smallest absolute Gasteiger partial charge is 0.115 e. The van der Waals surface area contributed by atoms with Crippen molar-refractivity contribution < 1.29 is 0 Å². The molecule has 2 aromatic rings. The molecule has 0 bridgehead atoms. The van der Waals surface area contributed by atoms with Gasteiger partial charge in [0, 0.05) is 29.2 Å². The van der Waals surface area contributed by atoms with Crippen molar-refractivity contribution in [3.8, 4) is 0 Å². The average molecular weight is 299 g/mol. The number of halogens is 2. The number of thioether (sulfide) groups is 1. The van der Waals surface area contributed by atoms with Gasteiger partial charge in [0.05, 0.1) is 5.02 Å². The summed E-state index contributed by atoms with van der Waals surface area (Å²) in [5.74, 6) is 0.892. The Morgan fingerprint density at radius 2 is 2.06 bits per heavy atom. The largest absolute Gasteiger partial charge is 0.384 e. The molecule has 0 amide bonds. The summed E-state index contributed by atoms with van der Waals surface area (Å²) in [5.41, 5.74) is 1.02. The maximum atomic E-state index is 6.02. The van der Waals surface area contributed by atoms with Crippen LogP contribution >= 0.6 is 35.0 Å². The Labute approximate surface area is 121 Å². The molecular weight excluding hydrogens is 287 g/mol. The molecule has 0 spiro atoms. The number of hydrogen-bond donors (Lipinski definition) is 1. The summed E-state index contributed by atoms with van der Waals surface area (Å²) in [6.07, 6.45) is 1.75. The topological polar surface area (TPSA) is 24.9 Å². The third-order valence-corrected chi connectivity index (χ3v) is 3.88. The SMILES string of the molecule is Clc1cccc(NCCSc2ncccc2Cl)c1. The third kappa shape index (κ3) is 4.09. The number of nitrogens with zero attached hydrogens (tertiary/aromatic N) is 1. The van der Waals surface area contributed by atoms with Crippen molar-refractivity contribution in [2.75, 3.05) is 17.6 Å². The second-order valence-corrected chi connectivity index (χ2v) is 5.50. The lowest BCUT2D eigenvalue weighted by molar-refractivity contribution is 1.12. The van der Waals surface area contributed by atoms with Crippen molar-refractivity contribution in [2.45, 2.75) is 5.03 Å². The minimum atomic E-state index is 0.699. The highest BCUT2D eigenvalue weighted by Gasteiger charge is 2.00. The fourth-order valence-corrected chi connectivity index (χ4v) is 2.63. The van der Waals surface area contributed by atoms with E-state index in [1.807, 2.05) is 36.4 Å². The second-order valence-electron chi connectivity index (χ2n) is 3.58. The van der Waals surface area contributed by atoms with Crippen LogP contribution in [0.5, 0.6) is 0 Å². The Kier molecular flexibility index (Phi) is 5.17. The lowest BCUT2D eigenvalue weighted by atomic mass is 10.3. The van der Waals surface area contributed by atoms with Gasteiger partial charge in [0.2, 0.25) is 0 Å². The molecular formula is C13H12Cl2N2S. The van der Waals surface area contributed by atoms with Crippen molar-refractivity contribution in [3.63, 3.8) is 0 Å². The van der Waals surface area contributed by atoms with E-state index in [0.29, 0.717) is 5.02 Å². The van der Waals surface area contributed by atoms with E-state index in [0.717, 1.165) is 28.0 Å². The molecule has 0 radical (unpaired) electrons. The number of anilines is 1. The first-order valence-corrected chi connectivity index (χ1v) is 7.22. The molecule has 0 aliphatic carbocycles. The van der Waals surface area contributed by atoms with Crippen LogP contribution in [0.3, 0.4) is 0 Å². The van der Waals surface area contributed by atoms with E-state index < -0.39 is 0 Å². The van der Waals surface area contributed by atoms with E-state index in [1.54, 1.807) is 18.0 Å². The van der Waals surface area contributed by atoms with Gasteiger partial charge in [-0.25, -0.2) is 4.98 Å². The molecule has 0 aliphatic heterocycles. The van der Waals surface area contributed by atoms with Crippen LogP contribution in [0.4, 0.5) is 5.69 Å². The van der Waals surface area contributed by atoms with Crippen LogP contribution in [-0.2, 0) is 0 Å². The van der Waals surface area contributed by atoms with Crippen LogP contribution in [0.2, 0.25) is 10.0 Å². The molecule has 0 atom stereocenters. The monoisotopic (exact) mass is 298 g/mol. The Morgan fingerprint density at radius 1 is 1.17 bits per heavy atom. The zero-order valence-corrected chi connectivity index (χ0v) is 11.9. The van der Waals surface area contributed by atoms with Crippen LogP contribution < -0.4 is 5.32 Å². The van der Waals surface area contributed by atoms with Gasteiger partial charge in [-0.3, -0.25) is 0 Å². The zero-order chi connectivity index (χ0) is 12.8. The first kappa shape index (κ1) is 13.5. The highest BCUT2D eigenvalue weighted by atomic mass is 35.5. The molecule has 0 fully saturated rings. The van der Waals surface area contributed by atoms with E-state index in [2.05, 4.69) is 10.3 Å². The molecule has 0 saturated carbocycles. The Balaban J connectivity index is 1.78. The Bertz CT molecular complexity index is 520. The fraction of sp³-hybridized carbons (Fsp3) is 0.154. The minimum Gasteiger partial charge on any atom is -0.384 e. The van der Waals surface area contributed by atoms with E-state index >= 15 is 0 Å². The van der Waals surface area contributed by atoms with Crippen LogP contribution in [0, 0.1) is 0 Å². The van der Waals surface area contributed by atoms with Gasteiger partial charge in [-0.15, -0.1) is 11.8 Å². The maximum Gasteiger partial charge on any atom is 0.115 e. The van der Waals surface area contributed by atoms with Crippen LogP contribution in [0.1, 0.15) is 0 Å². The molecule has 0 unspecified atom stereocenters. The predicted molar refractivity (Wildman–Crippen MR) is 79.9 cm³/mol. The summed E-state index contributed by atoms with van der Waals surface area (Å²) in [6, 6.07) is 11.4. The molecule has 5 heteroatoms. The molecule has 1 aromatic carbocycles. The summed E-state index contributed by atoms with van der Waals surface area (Å²) in [5, 5.41) is 5.60. The lowest BCUT2D eigenvalue weighted by Gasteiger charge is -2.06. The minimum absolute atomic E-state index is 0.699. The van der Waals surface area contributed by atoms with Gasteiger partial charge in [-0.1, -0.05) is 29.3 Å². The predicted octanol–water partition coefficient (Wildman–Crippen LogP) is 4.59. The van der Waals surface area contributed by atoms with E-state index in [9.17, 15) is 0 Å². The van der Waals surface area contributed by atoms with Crippen molar-refractivity contribution in [1.82, 2.24) is 4.98 Å². The van der Waals surface area contributed by atoms with Gasteiger partial charge >= 0.3 is 0 Å². The summed E-state index contributed by atoms with van der Waals surface area (Å²) in [6.45, 7) is 0.831. The van der Waals surface area contributed by atoms with Crippen molar-refractivity contribution >= 4 is 40.7 Å². The molecule has 1 aromatic heterocycles. The first-order chi connectivity index (χ1) is 8.75. The molecule has 0 saturated heterocycles. The summed E-state index contributed by atoms with van der Waals surface area (Å²) in [4.78, 5) is 4.22. The van der Waals surface area contributed by atoms with Crippen LogP contribution in [-0.4, -0.2) is 17.3 Å². The molecule has 1 N–H and O–H groups in total. The van der Waals surface area contributed by atoms with Gasteiger partial charge < -0.3 is 5.32 Å². The standard InChI is InChI=1S/C13H12Cl2N2S/c14-10-3-1-4-11(9-10)16-7-8-18-13-12(15)5-2-6-17-13/h1-6,9,16H,7-8H2. The van der Waals surface area contributed by atoms with Crippen molar-refractivity contribution in [2.24, 2.45) is 0 Å². The highest BCUT2D eigenvalue weighted by Crippen LogP contribution is 2.23. The number of nitrogens with one attached hydrogen (secondary N) is 1. The number of aromatic nitrogens is 1. The lowest BCUT2D eigenvalue weighted by Crippen LogP contribution is -2.04. The van der Waals surface area contributed by atoms with Gasteiger partial charge in [0.1, 0.15) is 5.03 Å². The van der Waals surface area contributed by atoms with Crippen molar-refractivity contribution in [3.05, 3.63) is 52.6 Å². The van der Waals surface area contributed by atoms with E-state index in [-0.39, 0.29) is 0 Å². The fourth-order valence-electron chi connectivity index (χ4n) is 1.42. The summed E-state index contributed by atoms with van der Waals surface area (Å²) < 4.78 is 0. The molecule has 2 rings (SSSR count). The van der Waals surface area contributed by atoms with Gasteiger partial charge in [-0.05, 0) is 30.3 Å². The molecule has 18 heavy (non-hydrogen) atoms. The summed E-state index contributed by atoms with van der Waals surface area (Å²) >= 11 is 13.6. The molecule has 2 nitrogen and oxygen atoms in total. The zero-order valence-electron chi connectivity index (χ0n) is 9.57. The first-order valence-electron chi connectivity index (χ1n) is 5.48. The van der Waals surface area contributed by atoms with Gasteiger partial charge in [0.25, 0.3) is 0 Å². The quantitative estimate of drug-likeness (QED) is 0.645. The normalized spacial score (nSPS) is 10.3. The number of benzene rings is 1. The second kappa shape index (κ2) is 6.88. The third-order valence-electron chi connectivity index (χ3n) is 2.22. The number of hydrogen-bond acceptors (Lipinski definition) is 3. The highest BCUT2D eigenvalue weighted by molar-refractivity contribution is 7.99. The molecule has 0 aliphatic rings. The average Bonchev–Trinajstić information content (AvgIpc) is 2.37. The summed E-state index contributed by atoms with van der Waals surface area (Å²) in [7, 11) is 0. The number of pyridine rings is 1. The van der Waals surface area contributed by atoms with Crippen LogP contribution in [0.25, 0.3) is 0 Å². The van der Waals surface area contributed by atoms with Crippen LogP contribution in [0.15, 0.2) is 47.6 Å². The maximum absolute atomic E-state index is 6.02. The van der Waals surface area contributed by atoms with E-state index in [4.69, 9.17) is 23.2 Å². The number of rotatable bonds is 5. The van der Waals surface area contributed by atoms with Gasteiger partial charge in [0.15, 0.2) is 0 Å². The Morgan fingerprint density at radius 3 is 2.83 bits per heavy atom. The van der Waals surface area contributed by atoms with Crippen molar-refractivity contribution in [1.29, 1.82) is 0 Å². The van der Waals surface area contributed by atoms with Gasteiger partial charge in [-0.2, -0.15) is 0 Å². The molecule has 94 valence electrons. The molecule has 1 heterocycles.